The summed E-state index contributed by atoms with van der Waals surface area (Å²) in [5, 5.41) is 9.43. The third kappa shape index (κ3) is 6.60. The number of nitrogens with one attached hydrogen (secondary N) is 2. The van der Waals surface area contributed by atoms with Crippen molar-refractivity contribution in [1.82, 2.24) is 10.5 Å². The Morgan fingerprint density at radius 1 is 1.28 bits per heavy atom. The summed E-state index contributed by atoms with van der Waals surface area (Å²) in [5.74, 6) is 1.06. The van der Waals surface area contributed by atoms with Crippen molar-refractivity contribution in [1.29, 1.82) is 0 Å². The summed E-state index contributed by atoms with van der Waals surface area (Å²) in [4.78, 5) is 23.9. The number of benzene rings is 1. The second-order valence-corrected chi connectivity index (χ2v) is 7.48. The van der Waals surface area contributed by atoms with E-state index >= 15 is 0 Å². The van der Waals surface area contributed by atoms with Crippen LogP contribution >= 0.6 is 0 Å². The van der Waals surface area contributed by atoms with Crippen LogP contribution in [0.15, 0.2) is 34.9 Å². The normalized spacial score (nSPS) is 16.0. The fourth-order valence-corrected chi connectivity index (χ4v) is 2.96. The van der Waals surface area contributed by atoms with Crippen LogP contribution in [0.25, 0.3) is 0 Å². The van der Waals surface area contributed by atoms with Crippen LogP contribution in [0.5, 0.6) is 5.75 Å². The van der Waals surface area contributed by atoms with Crippen molar-refractivity contribution < 1.29 is 23.6 Å². The third-order valence-electron chi connectivity index (χ3n) is 4.42. The average Bonchev–Trinajstić information content (AvgIpc) is 3.37. The second-order valence-electron chi connectivity index (χ2n) is 7.48. The van der Waals surface area contributed by atoms with Gasteiger partial charge in [-0.3, -0.25) is 9.59 Å². The molecule has 8 heteroatoms. The molecular formula is C21H27N3O5. The van der Waals surface area contributed by atoms with Gasteiger partial charge in [0.05, 0.1) is 6.10 Å². The number of hydrogen-bond acceptors (Lipinski definition) is 6. The predicted octanol–water partition coefficient (Wildman–Crippen LogP) is 3.15. The molecule has 0 spiro atoms. The lowest BCUT2D eigenvalue weighted by Gasteiger charge is -2.09. The summed E-state index contributed by atoms with van der Waals surface area (Å²) in [7, 11) is 0. The Hall–Kier alpha value is -2.87. The maximum atomic E-state index is 12.1. The van der Waals surface area contributed by atoms with Crippen LogP contribution in [0.2, 0.25) is 0 Å². The molecule has 0 radical (unpaired) electrons. The lowest BCUT2D eigenvalue weighted by Crippen LogP contribution is -2.31. The molecule has 0 bridgehead atoms. The van der Waals surface area contributed by atoms with Crippen molar-refractivity contribution >= 4 is 17.5 Å². The van der Waals surface area contributed by atoms with Crippen molar-refractivity contribution in [3.63, 3.8) is 0 Å². The molecule has 0 aliphatic carbocycles. The molecule has 0 unspecified atom stereocenters. The topological polar surface area (TPSA) is 103 Å². The van der Waals surface area contributed by atoms with Gasteiger partial charge in [0.2, 0.25) is 5.91 Å². The number of hydrogen-bond donors (Lipinski definition) is 2. The number of carbonyl (C=O) groups is 2. The van der Waals surface area contributed by atoms with Gasteiger partial charge in [-0.15, -0.1) is 0 Å². The molecule has 1 saturated heterocycles. The minimum atomic E-state index is -0.294. The Balaban J connectivity index is 1.44. The van der Waals surface area contributed by atoms with E-state index in [2.05, 4.69) is 15.8 Å². The van der Waals surface area contributed by atoms with Gasteiger partial charge in [-0.1, -0.05) is 19.0 Å². The lowest BCUT2D eigenvalue weighted by molar-refractivity contribution is -0.116. The molecule has 2 aromatic rings. The van der Waals surface area contributed by atoms with E-state index in [9.17, 15) is 9.59 Å². The van der Waals surface area contributed by atoms with Gasteiger partial charge in [0.1, 0.15) is 12.4 Å². The molecule has 1 fully saturated rings. The molecule has 1 aliphatic heterocycles. The van der Waals surface area contributed by atoms with Gasteiger partial charge >= 0.3 is 0 Å². The van der Waals surface area contributed by atoms with Crippen molar-refractivity contribution in [3.8, 4) is 5.75 Å². The molecule has 2 amide bonds. The molecule has 8 nitrogen and oxygen atoms in total. The first kappa shape index (κ1) is 20.9. The standard InChI is InChI=1S/C21H27N3O5/c1-14(2)10-20(25)23-15-5-7-16(8-6-15)28-13-18-11-19(24-29-18)21(26)22-12-17-4-3-9-27-17/h5-8,11,14,17H,3-4,9-10,12-13H2,1-2H3,(H,22,26)(H,23,25)/t17-/m1/s1. The summed E-state index contributed by atoms with van der Waals surface area (Å²) < 4.78 is 16.3. The highest BCUT2D eigenvalue weighted by atomic mass is 16.5. The first-order valence-electron chi connectivity index (χ1n) is 9.87. The SMILES string of the molecule is CC(C)CC(=O)Nc1ccc(OCc2cc(C(=O)NC[C@H]3CCCO3)no2)cc1. The van der Waals surface area contributed by atoms with Gasteiger partial charge in [-0.05, 0) is 43.0 Å². The molecule has 0 saturated carbocycles. The predicted molar refractivity (Wildman–Crippen MR) is 107 cm³/mol. The molecule has 1 aliphatic rings. The first-order chi connectivity index (χ1) is 14.0. The van der Waals surface area contributed by atoms with E-state index in [1.54, 1.807) is 30.3 Å². The summed E-state index contributed by atoms with van der Waals surface area (Å²) >= 11 is 0. The number of carbonyl (C=O) groups excluding carboxylic acids is 2. The lowest BCUT2D eigenvalue weighted by atomic mass is 10.1. The van der Waals surface area contributed by atoms with Crippen LogP contribution in [0.3, 0.4) is 0 Å². The van der Waals surface area contributed by atoms with E-state index in [1.807, 2.05) is 13.8 Å². The van der Waals surface area contributed by atoms with Crippen LogP contribution in [0, 0.1) is 5.92 Å². The fourth-order valence-electron chi connectivity index (χ4n) is 2.96. The zero-order valence-electron chi connectivity index (χ0n) is 16.8. The molecule has 3 rings (SSSR count). The molecular weight excluding hydrogens is 374 g/mol. The minimum Gasteiger partial charge on any atom is -0.486 e. The first-order valence-corrected chi connectivity index (χ1v) is 9.87. The van der Waals surface area contributed by atoms with Gasteiger partial charge in [0.15, 0.2) is 11.5 Å². The van der Waals surface area contributed by atoms with Crippen LogP contribution in [0.4, 0.5) is 5.69 Å². The Morgan fingerprint density at radius 3 is 2.76 bits per heavy atom. The summed E-state index contributed by atoms with van der Waals surface area (Å²) in [6.45, 7) is 5.36. The van der Waals surface area contributed by atoms with Gasteiger partial charge in [0, 0.05) is 31.3 Å². The zero-order valence-corrected chi connectivity index (χ0v) is 16.8. The molecule has 29 heavy (non-hydrogen) atoms. The van der Waals surface area contributed by atoms with Crippen LogP contribution in [0.1, 0.15) is 49.4 Å². The number of anilines is 1. The number of aromatic nitrogens is 1. The molecule has 2 N–H and O–H groups in total. The molecule has 1 aromatic heterocycles. The Bertz CT molecular complexity index is 810. The van der Waals surface area contributed by atoms with Crippen LogP contribution < -0.4 is 15.4 Å². The number of amides is 2. The van der Waals surface area contributed by atoms with Gasteiger partial charge in [0.25, 0.3) is 5.91 Å². The van der Waals surface area contributed by atoms with Crippen molar-refractivity contribution in [2.45, 2.75) is 45.8 Å². The minimum absolute atomic E-state index is 0.0133. The van der Waals surface area contributed by atoms with E-state index in [1.165, 1.54) is 0 Å². The Kier molecular flexibility index (Phi) is 7.24. The van der Waals surface area contributed by atoms with E-state index in [4.69, 9.17) is 14.0 Å². The molecule has 156 valence electrons. The maximum absolute atomic E-state index is 12.1. The Labute approximate surface area is 169 Å². The highest BCUT2D eigenvalue weighted by Crippen LogP contribution is 2.18. The second kappa shape index (κ2) is 10.1. The van der Waals surface area contributed by atoms with Crippen molar-refractivity contribution in [3.05, 3.63) is 41.8 Å². The van der Waals surface area contributed by atoms with Crippen LogP contribution in [-0.2, 0) is 16.1 Å². The van der Waals surface area contributed by atoms with Crippen molar-refractivity contribution in [2.24, 2.45) is 5.92 Å². The largest absolute Gasteiger partial charge is 0.486 e. The quantitative estimate of drug-likeness (QED) is 0.669. The van der Waals surface area contributed by atoms with E-state index in [0.29, 0.717) is 36.1 Å². The summed E-state index contributed by atoms with van der Waals surface area (Å²) in [6.07, 6.45) is 2.54. The van der Waals surface area contributed by atoms with Gasteiger partial charge in [-0.2, -0.15) is 0 Å². The zero-order chi connectivity index (χ0) is 20.6. The maximum Gasteiger partial charge on any atom is 0.273 e. The molecule has 2 heterocycles. The third-order valence-corrected chi connectivity index (χ3v) is 4.42. The van der Waals surface area contributed by atoms with Gasteiger partial charge < -0.3 is 24.6 Å². The number of ether oxygens (including phenoxy) is 2. The summed E-state index contributed by atoms with van der Waals surface area (Å²) in [5.41, 5.74) is 0.928. The summed E-state index contributed by atoms with van der Waals surface area (Å²) in [6, 6.07) is 8.63. The fraction of sp³-hybridized carbons (Fsp3) is 0.476. The number of rotatable bonds is 9. The molecule has 1 aromatic carbocycles. The van der Waals surface area contributed by atoms with E-state index in [-0.39, 0.29) is 30.2 Å². The molecule has 1 atom stereocenters. The number of nitrogens with zero attached hydrogens (tertiary/aromatic N) is 1. The average molecular weight is 401 g/mol. The van der Waals surface area contributed by atoms with E-state index < -0.39 is 0 Å². The van der Waals surface area contributed by atoms with Crippen LogP contribution in [-0.4, -0.2) is 36.2 Å². The monoisotopic (exact) mass is 401 g/mol. The highest BCUT2D eigenvalue weighted by Gasteiger charge is 2.18. The highest BCUT2D eigenvalue weighted by molar-refractivity contribution is 5.92. The smallest absolute Gasteiger partial charge is 0.273 e. The Morgan fingerprint density at radius 2 is 2.07 bits per heavy atom. The van der Waals surface area contributed by atoms with Gasteiger partial charge in [-0.25, -0.2) is 0 Å². The van der Waals surface area contributed by atoms with E-state index in [0.717, 1.165) is 19.4 Å². The van der Waals surface area contributed by atoms with Crippen molar-refractivity contribution in [2.75, 3.05) is 18.5 Å².